The van der Waals surface area contributed by atoms with Crippen LogP contribution in [0.5, 0.6) is 0 Å². The van der Waals surface area contributed by atoms with Crippen molar-refractivity contribution in [2.24, 2.45) is 11.1 Å². The first-order valence-corrected chi connectivity index (χ1v) is 7.42. The third-order valence-corrected chi connectivity index (χ3v) is 3.93. The molecule has 0 saturated carbocycles. The minimum Gasteiger partial charge on any atom is -0.338 e. The summed E-state index contributed by atoms with van der Waals surface area (Å²) in [5.74, 6) is -0.0293. The zero-order valence-electron chi connectivity index (χ0n) is 11.5. The minimum atomic E-state index is -0.100. The van der Waals surface area contributed by atoms with E-state index in [1.807, 2.05) is 6.92 Å². The van der Waals surface area contributed by atoms with Crippen LogP contribution in [0.25, 0.3) is 0 Å². The van der Waals surface area contributed by atoms with Crippen molar-refractivity contribution in [3.63, 3.8) is 0 Å². The Bertz CT molecular complexity index is 463. The summed E-state index contributed by atoms with van der Waals surface area (Å²) in [5.41, 5.74) is 6.22. The van der Waals surface area contributed by atoms with Crippen LogP contribution in [0.15, 0.2) is 22.7 Å². The molecule has 2 N–H and O–H groups in total. The molecule has 0 unspecified atom stereocenters. The van der Waals surface area contributed by atoms with Crippen LogP contribution in [0, 0.1) is 5.41 Å². The topological polar surface area (TPSA) is 46.3 Å². The van der Waals surface area contributed by atoms with Gasteiger partial charge in [-0.2, -0.15) is 0 Å². The van der Waals surface area contributed by atoms with Gasteiger partial charge in [-0.25, -0.2) is 0 Å². The summed E-state index contributed by atoms with van der Waals surface area (Å²) in [4.78, 5) is 14.3. The molecular weight excluding hydrogens is 328 g/mol. The van der Waals surface area contributed by atoms with Gasteiger partial charge in [-0.1, -0.05) is 25.4 Å². The normalized spacial score (nSPS) is 11.5. The molecule has 0 aliphatic rings. The Kier molecular flexibility index (Phi) is 5.83. The van der Waals surface area contributed by atoms with Crippen LogP contribution in [0.1, 0.15) is 31.1 Å². The zero-order valence-corrected chi connectivity index (χ0v) is 13.9. The van der Waals surface area contributed by atoms with Gasteiger partial charge in [0.2, 0.25) is 0 Å². The molecule has 0 fully saturated rings. The summed E-state index contributed by atoms with van der Waals surface area (Å²) in [7, 11) is 0. The minimum absolute atomic E-state index is 0.0293. The van der Waals surface area contributed by atoms with E-state index < -0.39 is 0 Å². The lowest BCUT2D eigenvalue weighted by molar-refractivity contribution is 0.0700. The molecule has 1 aromatic rings. The Balaban J connectivity index is 2.99. The van der Waals surface area contributed by atoms with E-state index in [2.05, 4.69) is 29.8 Å². The fraction of sp³-hybridized carbons (Fsp3) is 0.500. The number of halogens is 2. The van der Waals surface area contributed by atoms with Gasteiger partial charge in [0, 0.05) is 22.6 Å². The molecule has 1 aromatic carbocycles. The largest absolute Gasteiger partial charge is 0.338 e. The van der Waals surface area contributed by atoms with Gasteiger partial charge in [0.15, 0.2) is 0 Å². The first kappa shape index (κ1) is 16.5. The van der Waals surface area contributed by atoms with E-state index in [9.17, 15) is 4.79 Å². The van der Waals surface area contributed by atoms with Gasteiger partial charge in [0.05, 0.1) is 5.56 Å². The van der Waals surface area contributed by atoms with Crippen molar-refractivity contribution in [1.82, 2.24) is 4.90 Å². The fourth-order valence-electron chi connectivity index (χ4n) is 1.74. The van der Waals surface area contributed by atoms with Gasteiger partial charge >= 0.3 is 0 Å². The molecule has 0 radical (unpaired) electrons. The van der Waals surface area contributed by atoms with Gasteiger partial charge in [-0.3, -0.25) is 4.79 Å². The smallest absolute Gasteiger partial charge is 0.255 e. The molecule has 19 heavy (non-hydrogen) atoms. The number of benzene rings is 1. The van der Waals surface area contributed by atoms with Crippen molar-refractivity contribution in [2.45, 2.75) is 20.8 Å². The van der Waals surface area contributed by atoms with Gasteiger partial charge in [0.1, 0.15) is 0 Å². The lowest BCUT2D eigenvalue weighted by Gasteiger charge is -2.31. The number of rotatable bonds is 5. The monoisotopic (exact) mass is 346 g/mol. The Morgan fingerprint density at radius 1 is 1.47 bits per heavy atom. The average molecular weight is 348 g/mol. The number of hydrogen-bond donors (Lipinski definition) is 1. The highest BCUT2D eigenvalue weighted by Crippen LogP contribution is 2.24. The van der Waals surface area contributed by atoms with Crippen molar-refractivity contribution in [3.05, 3.63) is 33.3 Å². The maximum absolute atomic E-state index is 12.5. The van der Waals surface area contributed by atoms with Gasteiger partial charge in [0.25, 0.3) is 5.91 Å². The predicted molar refractivity (Wildman–Crippen MR) is 83.6 cm³/mol. The van der Waals surface area contributed by atoms with Crippen LogP contribution in [-0.4, -0.2) is 30.4 Å². The van der Waals surface area contributed by atoms with Crippen LogP contribution < -0.4 is 5.73 Å². The van der Waals surface area contributed by atoms with Crippen LogP contribution in [-0.2, 0) is 0 Å². The van der Waals surface area contributed by atoms with Gasteiger partial charge < -0.3 is 10.6 Å². The highest BCUT2D eigenvalue weighted by Gasteiger charge is 2.24. The molecule has 0 atom stereocenters. The van der Waals surface area contributed by atoms with Gasteiger partial charge in [-0.15, -0.1) is 0 Å². The molecular formula is C14H20BrClN2O. The third kappa shape index (κ3) is 4.48. The Hall–Kier alpha value is -0.580. The van der Waals surface area contributed by atoms with Crippen molar-refractivity contribution in [3.8, 4) is 0 Å². The molecule has 0 bridgehead atoms. The summed E-state index contributed by atoms with van der Waals surface area (Å²) >= 11 is 9.35. The van der Waals surface area contributed by atoms with Crippen molar-refractivity contribution in [1.29, 1.82) is 0 Å². The number of nitrogens with zero attached hydrogens (tertiary/aromatic N) is 1. The maximum atomic E-state index is 12.5. The second-order valence-electron chi connectivity index (χ2n) is 5.31. The molecule has 0 aromatic heterocycles. The molecule has 0 aliphatic carbocycles. The SMILES string of the molecule is CCN(CC(C)(C)CN)C(=O)c1cc(Cl)ccc1Br. The Morgan fingerprint density at radius 2 is 2.11 bits per heavy atom. The number of carbonyl (C=O) groups is 1. The van der Waals surface area contributed by atoms with Crippen LogP contribution in [0.2, 0.25) is 5.02 Å². The maximum Gasteiger partial charge on any atom is 0.255 e. The fourth-order valence-corrected chi connectivity index (χ4v) is 2.33. The highest BCUT2D eigenvalue weighted by molar-refractivity contribution is 9.10. The summed E-state index contributed by atoms with van der Waals surface area (Å²) in [5, 5.41) is 0.556. The van der Waals surface area contributed by atoms with E-state index in [-0.39, 0.29) is 11.3 Å². The molecule has 5 heteroatoms. The molecule has 3 nitrogen and oxygen atoms in total. The summed E-state index contributed by atoms with van der Waals surface area (Å²) in [6, 6.07) is 5.23. The zero-order chi connectivity index (χ0) is 14.6. The first-order valence-electron chi connectivity index (χ1n) is 6.25. The van der Waals surface area contributed by atoms with Crippen LogP contribution in [0.3, 0.4) is 0 Å². The number of amides is 1. The van der Waals surface area contributed by atoms with E-state index in [0.717, 1.165) is 4.47 Å². The van der Waals surface area contributed by atoms with E-state index in [4.69, 9.17) is 17.3 Å². The lowest BCUT2D eigenvalue weighted by Crippen LogP contribution is -2.42. The molecule has 0 saturated heterocycles. The standard InChI is InChI=1S/C14H20BrClN2O/c1-4-18(9-14(2,3)8-17)13(19)11-7-10(16)5-6-12(11)15/h5-7H,4,8-9,17H2,1-3H3. The van der Waals surface area contributed by atoms with Gasteiger partial charge in [-0.05, 0) is 53.0 Å². The highest BCUT2D eigenvalue weighted by atomic mass is 79.9. The third-order valence-electron chi connectivity index (χ3n) is 3.00. The Morgan fingerprint density at radius 3 is 2.63 bits per heavy atom. The molecule has 1 rings (SSSR count). The summed E-state index contributed by atoms with van der Waals surface area (Å²) < 4.78 is 0.755. The number of nitrogens with two attached hydrogens (primary N) is 1. The van der Waals surface area contributed by atoms with Crippen LogP contribution in [0.4, 0.5) is 0 Å². The molecule has 0 aliphatic heterocycles. The molecule has 106 valence electrons. The molecule has 0 spiro atoms. The quantitative estimate of drug-likeness (QED) is 0.885. The van der Waals surface area contributed by atoms with E-state index in [1.54, 1.807) is 23.1 Å². The molecule has 0 heterocycles. The molecule has 1 amide bonds. The number of carbonyl (C=O) groups excluding carboxylic acids is 1. The lowest BCUT2D eigenvalue weighted by atomic mass is 9.93. The van der Waals surface area contributed by atoms with Crippen molar-refractivity contribution >= 4 is 33.4 Å². The van der Waals surface area contributed by atoms with E-state index >= 15 is 0 Å². The van der Waals surface area contributed by atoms with Crippen molar-refractivity contribution < 1.29 is 4.79 Å². The van der Waals surface area contributed by atoms with Crippen LogP contribution >= 0.6 is 27.5 Å². The Labute approximate surface area is 128 Å². The van der Waals surface area contributed by atoms with E-state index in [0.29, 0.717) is 30.2 Å². The first-order chi connectivity index (χ1) is 8.80. The second-order valence-corrected chi connectivity index (χ2v) is 6.60. The van der Waals surface area contributed by atoms with E-state index in [1.165, 1.54) is 0 Å². The summed E-state index contributed by atoms with van der Waals surface area (Å²) in [6.07, 6.45) is 0. The predicted octanol–water partition coefficient (Wildman–Crippen LogP) is 3.55. The number of hydrogen-bond acceptors (Lipinski definition) is 2. The second kappa shape index (κ2) is 6.73. The summed E-state index contributed by atoms with van der Waals surface area (Å²) in [6.45, 7) is 7.86. The average Bonchev–Trinajstić information content (AvgIpc) is 2.38. The van der Waals surface area contributed by atoms with Crippen molar-refractivity contribution in [2.75, 3.05) is 19.6 Å².